The second-order valence-corrected chi connectivity index (χ2v) is 3.95. The fraction of sp³-hybridized carbons (Fsp3) is 0.308. The molecule has 0 fully saturated rings. The van der Waals surface area contributed by atoms with Crippen molar-refractivity contribution >= 4 is 23.7 Å². The Morgan fingerprint density at radius 3 is 2.55 bits per heavy atom. The Kier molecular flexibility index (Phi) is 5.52. The van der Waals surface area contributed by atoms with Gasteiger partial charge in [-0.1, -0.05) is 0 Å². The van der Waals surface area contributed by atoms with E-state index in [0.717, 1.165) is 0 Å². The lowest BCUT2D eigenvalue weighted by Gasteiger charge is -2.10. The number of esters is 1. The second kappa shape index (κ2) is 7.13. The Labute approximate surface area is 115 Å². The molecule has 0 aliphatic carbocycles. The highest BCUT2D eigenvalue weighted by atomic mass is 16.5. The van der Waals surface area contributed by atoms with Crippen LogP contribution < -0.4 is 10.6 Å². The number of carbonyl (C=O) groups excluding carboxylic acids is 2. The maximum atomic E-state index is 11.5. The summed E-state index contributed by atoms with van der Waals surface area (Å²) in [5, 5.41) is 13.7. The fourth-order valence-electron chi connectivity index (χ4n) is 1.47. The molecule has 0 aromatic heterocycles. The van der Waals surface area contributed by atoms with Gasteiger partial charge in [0.1, 0.15) is 6.54 Å². The van der Waals surface area contributed by atoms with Crippen molar-refractivity contribution in [3.63, 3.8) is 0 Å². The molecule has 2 amide bonds. The number of carboxylic acid groups (broad SMARTS) is 1. The molecular formula is C13H16N2O5. The third-order valence-electron chi connectivity index (χ3n) is 2.42. The number of aryl methyl sites for hydroxylation is 1. The Morgan fingerprint density at radius 1 is 1.30 bits per heavy atom. The van der Waals surface area contributed by atoms with E-state index in [0.29, 0.717) is 11.3 Å². The van der Waals surface area contributed by atoms with Crippen LogP contribution in [-0.4, -0.2) is 36.2 Å². The van der Waals surface area contributed by atoms with Crippen LogP contribution in [0.3, 0.4) is 0 Å². The largest absolute Gasteiger partial charge is 0.478 e. The molecule has 0 bridgehead atoms. The first kappa shape index (κ1) is 15.5. The first-order chi connectivity index (χ1) is 9.43. The summed E-state index contributed by atoms with van der Waals surface area (Å²) in [6.45, 7) is 3.36. The van der Waals surface area contributed by atoms with Gasteiger partial charge in [0.2, 0.25) is 0 Å². The van der Waals surface area contributed by atoms with Crippen molar-refractivity contribution in [2.75, 3.05) is 18.5 Å². The van der Waals surface area contributed by atoms with Gasteiger partial charge in [-0.05, 0) is 37.6 Å². The molecule has 0 aliphatic rings. The normalized spacial score (nSPS) is 9.70. The zero-order chi connectivity index (χ0) is 15.1. The molecule has 1 aromatic carbocycles. The Bertz CT molecular complexity index is 527. The van der Waals surface area contributed by atoms with Crippen LogP contribution in [0, 0.1) is 6.92 Å². The maximum absolute atomic E-state index is 11.5. The number of nitrogens with one attached hydrogen (secondary N) is 2. The summed E-state index contributed by atoms with van der Waals surface area (Å²) in [6.07, 6.45) is 0. The van der Waals surface area contributed by atoms with Crippen molar-refractivity contribution in [2.24, 2.45) is 0 Å². The van der Waals surface area contributed by atoms with Crippen LogP contribution in [0.5, 0.6) is 0 Å². The molecule has 7 heteroatoms. The summed E-state index contributed by atoms with van der Waals surface area (Å²) in [5.74, 6) is -1.56. The molecule has 3 N–H and O–H groups in total. The summed E-state index contributed by atoms with van der Waals surface area (Å²) in [6, 6.07) is 3.76. The summed E-state index contributed by atoms with van der Waals surface area (Å²) in [4.78, 5) is 33.4. The van der Waals surface area contributed by atoms with Crippen LogP contribution in [0.25, 0.3) is 0 Å². The van der Waals surface area contributed by atoms with Crippen molar-refractivity contribution in [3.8, 4) is 0 Å². The van der Waals surface area contributed by atoms with Gasteiger partial charge < -0.3 is 20.5 Å². The van der Waals surface area contributed by atoms with Crippen LogP contribution >= 0.6 is 0 Å². The smallest absolute Gasteiger partial charge is 0.335 e. The van der Waals surface area contributed by atoms with E-state index >= 15 is 0 Å². The van der Waals surface area contributed by atoms with E-state index < -0.39 is 18.0 Å². The third kappa shape index (κ3) is 4.60. The van der Waals surface area contributed by atoms with Crippen LogP contribution in [-0.2, 0) is 9.53 Å². The minimum atomic E-state index is -1.04. The number of ether oxygens (including phenoxy) is 1. The monoisotopic (exact) mass is 280 g/mol. The molecule has 1 rings (SSSR count). The van der Waals surface area contributed by atoms with E-state index in [4.69, 9.17) is 5.11 Å². The molecule has 20 heavy (non-hydrogen) atoms. The number of hydrogen-bond acceptors (Lipinski definition) is 4. The summed E-state index contributed by atoms with van der Waals surface area (Å²) in [7, 11) is 0. The van der Waals surface area contributed by atoms with Crippen LogP contribution in [0.15, 0.2) is 18.2 Å². The van der Waals surface area contributed by atoms with Crippen molar-refractivity contribution in [1.82, 2.24) is 5.32 Å². The Hall–Kier alpha value is -2.57. The third-order valence-corrected chi connectivity index (χ3v) is 2.42. The van der Waals surface area contributed by atoms with Crippen molar-refractivity contribution < 1.29 is 24.2 Å². The summed E-state index contributed by atoms with van der Waals surface area (Å²) in [5.41, 5.74) is 1.22. The van der Waals surface area contributed by atoms with Crippen molar-refractivity contribution in [3.05, 3.63) is 29.3 Å². The molecule has 0 aliphatic heterocycles. The zero-order valence-electron chi connectivity index (χ0n) is 11.2. The number of benzene rings is 1. The van der Waals surface area contributed by atoms with Gasteiger partial charge in [0.05, 0.1) is 12.2 Å². The minimum Gasteiger partial charge on any atom is -0.478 e. The van der Waals surface area contributed by atoms with E-state index in [1.807, 2.05) is 0 Å². The molecule has 0 unspecified atom stereocenters. The number of anilines is 1. The highest BCUT2D eigenvalue weighted by Gasteiger charge is 2.09. The maximum Gasteiger partial charge on any atom is 0.335 e. The summed E-state index contributed by atoms with van der Waals surface area (Å²) >= 11 is 0. The van der Waals surface area contributed by atoms with Crippen molar-refractivity contribution in [2.45, 2.75) is 13.8 Å². The van der Waals surface area contributed by atoms with Gasteiger partial charge in [-0.15, -0.1) is 0 Å². The van der Waals surface area contributed by atoms with Gasteiger partial charge in [0.25, 0.3) is 0 Å². The molecule has 0 saturated carbocycles. The number of amides is 2. The lowest BCUT2D eigenvalue weighted by atomic mass is 10.1. The lowest BCUT2D eigenvalue weighted by molar-refractivity contribution is -0.141. The van der Waals surface area contributed by atoms with Gasteiger partial charge in [-0.3, -0.25) is 4.79 Å². The number of urea groups is 1. The van der Waals surface area contributed by atoms with E-state index in [2.05, 4.69) is 15.4 Å². The predicted molar refractivity (Wildman–Crippen MR) is 71.8 cm³/mol. The zero-order valence-corrected chi connectivity index (χ0v) is 11.2. The first-order valence-corrected chi connectivity index (χ1v) is 5.98. The van der Waals surface area contributed by atoms with Crippen LogP contribution in [0.2, 0.25) is 0 Å². The molecule has 108 valence electrons. The van der Waals surface area contributed by atoms with Gasteiger partial charge >= 0.3 is 18.0 Å². The number of rotatable bonds is 5. The standard InChI is InChI=1S/C13H16N2O5/c1-3-20-11(16)7-14-13(19)15-10-5-4-9(12(17)18)6-8(10)2/h4-6H,3,7H2,1-2H3,(H,17,18)(H2,14,15,19). The van der Waals surface area contributed by atoms with E-state index in [1.165, 1.54) is 18.2 Å². The topological polar surface area (TPSA) is 105 Å². The lowest BCUT2D eigenvalue weighted by Crippen LogP contribution is -2.34. The predicted octanol–water partition coefficient (Wildman–Crippen LogP) is 1.38. The van der Waals surface area contributed by atoms with E-state index in [-0.39, 0.29) is 18.7 Å². The quantitative estimate of drug-likeness (QED) is 0.707. The molecule has 0 heterocycles. The molecule has 0 saturated heterocycles. The first-order valence-electron chi connectivity index (χ1n) is 5.98. The SMILES string of the molecule is CCOC(=O)CNC(=O)Nc1ccc(C(=O)O)cc1C. The van der Waals surface area contributed by atoms with Gasteiger partial charge in [-0.25, -0.2) is 9.59 Å². The van der Waals surface area contributed by atoms with Gasteiger partial charge in [0.15, 0.2) is 0 Å². The average molecular weight is 280 g/mol. The summed E-state index contributed by atoms with van der Waals surface area (Å²) < 4.78 is 4.66. The number of aromatic carboxylic acids is 1. The Morgan fingerprint density at radius 2 is 2.00 bits per heavy atom. The number of carboxylic acids is 1. The second-order valence-electron chi connectivity index (χ2n) is 3.95. The molecule has 0 atom stereocenters. The molecule has 7 nitrogen and oxygen atoms in total. The van der Waals surface area contributed by atoms with Crippen molar-refractivity contribution in [1.29, 1.82) is 0 Å². The molecule has 1 aromatic rings. The molecule has 0 radical (unpaired) electrons. The average Bonchev–Trinajstić information content (AvgIpc) is 2.39. The highest BCUT2D eigenvalue weighted by Crippen LogP contribution is 2.16. The minimum absolute atomic E-state index is 0.139. The van der Waals surface area contributed by atoms with Crippen LogP contribution in [0.4, 0.5) is 10.5 Å². The van der Waals surface area contributed by atoms with E-state index in [9.17, 15) is 14.4 Å². The number of carbonyl (C=O) groups is 3. The number of hydrogen-bond donors (Lipinski definition) is 3. The molecule has 0 spiro atoms. The Balaban J connectivity index is 2.58. The molecular weight excluding hydrogens is 264 g/mol. The van der Waals surface area contributed by atoms with E-state index in [1.54, 1.807) is 13.8 Å². The fourth-order valence-corrected chi connectivity index (χ4v) is 1.47. The van der Waals surface area contributed by atoms with Gasteiger partial charge in [-0.2, -0.15) is 0 Å². The highest BCUT2D eigenvalue weighted by molar-refractivity contribution is 5.93. The van der Waals surface area contributed by atoms with Gasteiger partial charge in [0, 0.05) is 5.69 Å². The van der Waals surface area contributed by atoms with Crippen LogP contribution in [0.1, 0.15) is 22.8 Å².